The first kappa shape index (κ1) is 11.3. The average Bonchev–Trinajstić information content (AvgIpc) is 2.34. The molecule has 1 heterocycles. The van der Waals surface area contributed by atoms with Crippen molar-refractivity contribution in [1.29, 1.82) is 0 Å². The van der Waals surface area contributed by atoms with Gasteiger partial charge < -0.3 is 4.42 Å². The summed E-state index contributed by atoms with van der Waals surface area (Å²) in [4.78, 5) is 23.6. The summed E-state index contributed by atoms with van der Waals surface area (Å²) in [6.45, 7) is 3.65. The van der Waals surface area contributed by atoms with Crippen LogP contribution in [-0.4, -0.2) is 10.4 Å². The Morgan fingerprint density at radius 2 is 2.06 bits per heavy atom. The van der Waals surface area contributed by atoms with Gasteiger partial charge in [0.1, 0.15) is 5.58 Å². The summed E-state index contributed by atoms with van der Waals surface area (Å²) >= 11 is 0. The Morgan fingerprint density at radius 1 is 1.35 bits per heavy atom. The molecule has 2 rings (SSSR count). The molecule has 0 N–H and O–H groups in total. The highest BCUT2D eigenvalue weighted by Crippen LogP contribution is 2.05. The van der Waals surface area contributed by atoms with E-state index in [1.807, 2.05) is 6.92 Å². The van der Waals surface area contributed by atoms with Crippen molar-refractivity contribution in [1.82, 2.24) is 4.68 Å². The van der Waals surface area contributed by atoms with E-state index in [1.165, 1.54) is 0 Å². The molecule has 0 aliphatic heterocycles. The van der Waals surface area contributed by atoms with Crippen molar-refractivity contribution >= 4 is 16.7 Å². The first-order chi connectivity index (χ1) is 8.13. The summed E-state index contributed by atoms with van der Waals surface area (Å²) in [7, 11) is 0. The van der Waals surface area contributed by atoms with Crippen LogP contribution in [-0.2, 0) is 0 Å². The molecule has 0 fully saturated rings. The van der Waals surface area contributed by atoms with Gasteiger partial charge in [-0.05, 0) is 25.5 Å². The van der Waals surface area contributed by atoms with E-state index in [-0.39, 0.29) is 5.58 Å². The van der Waals surface area contributed by atoms with E-state index in [4.69, 9.17) is 4.42 Å². The normalized spacial score (nSPS) is 12.0. The maximum absolute atomic E-state index is 12.0. The van der Waals surface area contributed by atoms with E-state index in [2.05, 4.69) is 5.10 Å². The maximum atomic E-state index is 12.0. The van der Waals surface area contributed by atoms with E-state index < -0.39 is 11.3 Å². The number of hydrogen-bond donors (Lipinski definition) is 0. The van der Waals surface area contributed by atoms with Gasteiger partial charge in [-0.25, -0.2) is 4.79 Å². The van der Waals surface area contributed by atoms with Crippen LogP contribution >= 0.6 is 0 Å². The van der Waals surface area contributed by atoms with Crippen molar-refractivity contribution in [3.8, 4) is 0 Å². The standard InChI is InChI=1S/C12H12N2O3/c1-3-8(2)13-14-11(15)9-6-4-5-7-10(9)17-12(14)16/h4-7H,3H2,1-2H3/b13-8+. The number of nitrogens with zero attached hydrogens (tertiary/aromatic N) is 2. The highest BCUT2D eigenvalue weighted by atomic mass is 16.4. The monoisotopic (exact) mass is 232 g/mol. The average molecular weight is 232 g/mol. The van der Waals surface area contributed by atoms with Gasteiger partial charge in [-0.2, -0.15) is 5.10 Å². The molecule has 0 amide bonds. The number of aromatic nitrogens is 1. The van der Waals surface area contributed by atoms with Gasteiger partial charge in [0.2, 0.25) is 0 Å². The molecule has 1 aromatic heterocycles. The van der Waals surface area contributed by atoms with Crippen LogP contribution in [0.25, 0.3) is 11.0 Å². The van der Waals surface area contributed by atoms with Crippen LogP contribution in [0.3, 0.4) is 0 Å². The van der Waals surface area contributed by atoms with Gasteiger partial charge in [-0.3, -0.25) is 4.79 Å². The number of rotatable bonds is 2. The zero-order valence-corrected chi connectivity index (χ0v) is 9.64. The first-order valence-electron chi connectivity index (χ1n) is 5.33. The Labute approximate surface area is 97.0 Å². The first-order valence-corrected chi connectivity index (χ1v) is 5.33. The third-order valence-electron chi connectivity index (χ3n) is 2.46. The van der Waals surface area contributed by atoms with E-state index in [0.717, 1.165) is 4.68 Å². The molecule has 5 nitrogen and oxygen atoms in total. The van der Waals surface area contributed by atoms with Crippen molar-refractivity contribution in [2.75, 3.05) is 0 Å². The van der Waals surface area contributed by atoms with E-state index >= 15 is 0 Å². The minimum absolute atomic E-state index is 0.281. The summed E-state index contributed by atoms with van der Waals surface area (Å²) in [6, 6.07) is 6.60. The lowest BCUT2D eigenvalue weighted by molar-refractivity contribution is 0.480. The fourth-order valence-corrected chi connectivity index (χ4v) is 1.39. The smallest absolute Gasteiger partial charge is 0.408 e. The molecule has 0 aliphatic carbocycles. The summed E-state index contributed by atoms with van der Waals surface area (Å²) in [5.74, 6) is -0.762. The van der Waals surface area contributed by atoms with Crippen molar-refractivity contribution in [3.05, 3.63) is 45.2 Å². The SMILES string of the molecule is CC/C(C)=N/n1c(=O)oc2ccccc2c1=O. The van der Waals surface area contributed by atoms with Crippen molar-refractivity contribution in [3.63, 3.8) is 0 Å². The Hall–Kier alpha value is -2.17. The molecule has 0 bridgehead atoms. The third kappa shape index (κ3) is 2.04. The van der Waals surface area contributed by atoms with Gasteiger partial charge >= 0.3 is 5.76 Å². The lowest BCUT2D eigenvalue weighted by atomic mass is 10.2. The fourth-order valence-electron chi connectivity index (χ4n) is 1.39. The maximum Gasteiger partial charge on any atom is 0.443 e. The van der Waals surface area contributed by atoms with Gasteiger partial charge in [0.05, 0.1) is 5.39 Å². The van der Waals surface area contributed by atoms with E-state index in [9.17, 15) is 9.59 Å². The summed E-state index contributed by atoms with van der Waals surface area (Å²) in [5.41, 5.74) is 0.516. The lowest BCUT2D eigenvalue weighted by Crippen LogP contribution is -2.30. The summed E-state index contributed by atoms with van der Waals surface area (Å²) < 4.78 is 5.78. The Bertz CT molecular complexity index is 695. The van der Waals surface area contributed by atoms with Gasteiger partial charge in [-0.1, -0.05) is 19.1 Å². The van der Waals surface area contributed by atoms with Gasteiger partial charge in [0.15, 0.2) is 0 Å². The molecular formula is C12H12N2O3. The third-order valence-corrected chi connectivity index (χ3v) is 2.46. The molecule has 2 aromatic rings. The van der Waals surface area contributed by atoms with Crippen molar-refractivity contribution in [2.45, 2.75) is 20.3 Å². The van der Waals surface area contributed by atoms with Crippen LogP contribution in [0.1, 0.15) is 20.3 Å². The van der Waals surface area contributed by atoms with Crippen LogP contribution in [0.15, 0.2) is 43.4 Å². The second-order valence-electron chi connectivity index (χ2n) is 3.67. The topological polar surface area (TPSA) is 64.6 Å². The van der Waals surface area contributed by atoms with Crippen LogP contribution in [0.2, 0.25) is 0 Å². The van der Waals surface area contributed by atoms with Gasteiger partial charge in [0.25, 0.3) is 5.56 Å². The van der Waals surface area contributed by atoms with Crippen LogP contribution in [0.4, 0.5) is 0 Å². The number of benzene rings is 1. The summed E-state index contributed by atoms with van der Waals surface area (Å²) in [5, 5.41) is 4.29. The van der Waals surface area contributed by atoms with Crippen molar-refractivity contribution < 1.29 is 4.42 Å². The highest BCUT2D eigenvalue weighted by molar-refractivity contribution is 5.81. The number of para-hydroxylation sites is 1. The molecule has 88 valence electrons. The van der Waals surface area contributed by atoms with Gasteiger partial charge in [-0.15, -0.1) is 4.68 Å². The fraction of sp³-hybridized carbons (Fsp3) is 0.250. The predicted molar refractivity (Wildman–Crippen MR) is 65.5 cm³/mol. The van der Waals surface area contributed by atoms with Crippen LogP contribution < -0.4 is 11.3 Å². The zero-order valence-electron chi connectivity index (χ0n) is 9.64. The second kappa shape index (κ2) is 4.37. The zero-order chi connectivity index (χ0) is 12.4. The highest BCUT2D eigenvalue weighted by Gasteiger charge is 2.08. The molecule has 0 radical (unpaired) electrons. The molecule has 5 heteroatoms. The predicted octanol–water partition coefficient (Wildman–Crippen LogP) is 1.59. The molecule has 0 spiro atoms. The van der Waals surface area contributed by atoms with Crippen LogP contribution in [0, 0.1) is 0 Å². The van der Waals surface area contributed by atoms with E-state index in [1.54, 1.807) is 31.2 Å². The molecule has 0 unspecified atom stereocenters. The number of fused-ring (bicyclic) bond motifs is 1. The largest absolute Gasteiger partial charge is 0.443 e. The molecule has 17 heavy (non-hydrogen) atoms. The lowest BCUT2D eigenvalue weighted by Gasteiger charge is -2.00. The number of hydrogen-bond acceptors (Lipinski definition) is 4. The molecule has 0 saturated carbocycles. The van der Waals surface area contributed by atoms with Crippen molar-refractivity contribution in [2.24, 2.45) is 5.10 Å². The Morgan fingerprint density at radius 3 is 2.76 bits per heavy atom. The van der Waals surface area contributed by atoms with Gasteiger partial charge in [0, 0.05) is 5.71 Å². The molecule has 0 saturated heterocycles. The quantitative estimate of drug-likeness (QED) is 0.738. The second-order valence-corrected chi connectivity index (χ2v) is 3.67. The Kier molecular flexibility index (Phi) is 2.91. The molecular weight excluding hydrogens is 220 g/mol. The minimum atomic E-state index is -0.762. The van der Waals surface area contributed by atoms with E-state index in [0.29, 0.717) is 17.5 Å². The van der Waals surface area contributed by atoms with Crippen LogP contribution in [0.5, 0.6) is 0 Å². The Balaban J connectivity index is 2.82. The minimum Gasteiger partial charge on any atom is -0.408 e. The molecule has 1 aromatic carbocycles. The summed E-state index contributed by atoms with van der Waals surface area (Å²) in [6.07, 6.45) is 0.665. The molecule has 0 aliphatic rings. The molecule has 0 atom stereocenters.